The molecule has 0 saturated carbocycles. The number of furan rings is 2. The van der Waals surface area contributed by atoms with Crippen molar-refractivity contribution >= 4 is 78.0 Å². The minimum Gasteiger partial charge on any atom is -0.456 e. The summed E-state index contributed by atoms with van der Waals surface area (Å²) in [7, 11) is 0. The highest BCUT2D eigenvalue weighted by Crippen LogP contribution is 2.37. The van der Waals surface area contributed by atoms with Gasteiger partial charge < -0.3 is 18.7 Å². The Balaban J connectivity index is 1.01. The number of amidine groups is 2. The lowest BCUT2D eigenvalue weighted by molar-refractivity contribution is 0.571. The Labute approximate surface area is 327 Å². The monoisotopic (exact) mass is 734 g/mol. The molecule has 1 aliphatic carbocycles. The van der Waals surface area contributed by atoms with Gasteiger partial charge in [-0.25, -0.2) is 9.98 Å². The van der Waals surface area contributed by atoms with E-state index in [9.17, 15) is 0 Å². The molecular formula is C51H34N4O2. The number of hydrogen-bond acceptors (Lipinski definition) is 5. The van der Waals surface area contributed by atoms with Crippen LogP contribution < -0.4 is 16.0 Å². The summed E-state index contributed by atoms with van der Waals surface area (Å²) in [5, 5.41) is 10.5. The summed E-state index contributed by atoms with van der Waals surface area (Å²) in [6.07, 6.45) is 3.73. The Morgan fingerprint density at radius 2 is 1.28 bits per heavy atom. The normalized spacial score (nSPS) is 15.5. The van der Waals surface area contributed by atoms with Gasteiger partial charge in [0, 0.05) is 54.5 Å². The zero-order valence-electron chi connectivity index (χ0n) is 30.8. The maximum absolute atomic E-state index is 6.79. The first-order chi connectivity index (χ1) is 28.2. The van der Waals surface area contributed by atoms with E-state index in [1.807, 2.05) is 36.4 Å². The number of fused-ring (bicyclic) bond motifs is 9. The highest BCUT2D eigenvalue weighted by Gasteiger charge is 2.23. The highest BCUT2D eigenvalue weighted by molar-refractivity contribution is 6.16. The molecule has 0 amide bonds. The van der Waals surface area contributed by atoms with Crippen molar-refractivity contribution in [3.05, 3.63) is 197 Å². The van der Waals surface area contributed by atoms with Gasteiger partial charge in [0.25, 0.3) is 0 Å². The number of para-hydroxylation sites is 3. The predicted molar refractivity (Wildman–Crippen MR) is 232 cm³/mol. The van der Waals surface area contributed by atoms with Crippen molar-refractivity contribution in [2.45, 2.75) is 19.0 Å². The minimum atomic E-state index is -0.272. The zero-order valence-corrected chi connectivity index (χ0v) is 30.8. The van der Waals surface area contributed by atoms with Gasteiger partial charge in [-0.2, -0.15) is 0 Å². The number of aliphatic imine (C=N–C) groups is 2. The van der Waals surface area contributed by atoms with Crippen molar-refractivity contribution in [3.8, 4) is 5.69 Å². The van der Waals surface area contributed by atoms with Crippen molar-refractivity contribution in [3.63, 3.8) is 0 Å². The lowest BCUT2D eigenvalue weighted by Crippen LogP contribution is -2.33. The molecule has 0 saturated heterocycles. The number of nitrogens with zero attached hydrogens (tertiary/aromatic N) is 3. The third-order valence-corrected chi connectivity index (χ3v) is 11.5. The second-order valence-electron chi connectivity index (χ2n) is 14.8. The van der Waals surface area contributed by atoms with Crippen molar-refractivity contribution in [1.29, 1.82) is 0 Å². The van der Waals surface area contributed by atoms with Gasteiger partial charge in [-0.1, -0.05) is 115 Å². The van der Waals surface area contributed by atoms with Gasteiger partial charge in [-0.15, -0.1) is 0 Å². The number of benzene rings is 7. The second-order valence-corrected chi connectivity index (χ2v) is 14.8. The highest BCUT2D eigenvalue weighted by atomic mass is 16.3. The Hall–Kier alpha value is -7.44. The summed E-state index contributed by atoms with van der Waals surface area (Å²) in [5.74, 6) is 1.48. The van der Waals surface area contributed by atoms with Crippen LogP contribution in [0.1, 0.15) is 41.3 Å². The predicted octanol–water partition coefficient (Wildman–Crippen LogP) is 10.7. The Morgan fingerprint density at radius 3 is 2.09 bits per heavy atom. The quantitative estimate of drug-likeness (QED) is 0.191. The van der Waals surface area contributed by atoms with Gasteiger partial charge in [0.2, 0.25) is 0 Å². The molecule has 0 bridgehead atoms. The maximum Gasteiger partial charge on any atom is 0.159 e. The van der Waals surface area contributed by atoms with Gasteiger partial charge in [-0.05, 0) is 78.6 Å². The molecule has 1 unspecified atom stereocenters. The van der Waals surface area contributed by atoms with Crippen molar-refractivity contribution in [2.24, 2.45) is 9.98 Å². The fourth-order valence-corrected chi connectivity index (χ4v) is 8.94. The van der Waals surface area contributed by atoms with E-state index in [1.54, 1.807) is 0 Å². The van der Waals surface area contributed by atoms with Crippen molar-refractivity contribution < 1.29 is 8.83 Å². The van der Waals surface area contributed by atoms with E-state index in [-0.39, 0.29) is 6.17 Å². The van der Waals surface area contributed by atoms with E-state index in [4.69, 9.17) is 18.8 Å². The molecule has 2 aliphatic rings. The molecule has 0 fully saturated rings. The van der Waals surface area contributed by atoms with Crippen LogP contribution in [-0.2, 0) is 0 Å². The van der Waals surface area contributed by atoms with Crippen LogP contribution in [-0.4, -0.2) is 16.2 Å². The van der Waals surface area contributed by atoms with Gasteiger partial charge in [0.1, 0.15) is 34.2 Å². The molecule has 57 heavy (non-hydrogen) atoms. The maximum atomic E-state index is 6.79. The first-order valence-electron chi connectivity index (χ1n) is 19.5. The lowest BCUT2D eigenvalue weighted by atomic mass is 9.93. The molecule has 0 radical (unpaired) electrons. The molecular weight excluding hydrogens is 701 g/mol. The van der Waals surface area contributed by atoms with E-state index >= 15 is 0 Å². The number of hydrogen-bond donors (Lipinski definition) is 1. The molecule has 1 atom stereocenters. The summed E-state index contributed by atoms with van der Waals surface area (Å²) in [5.41, 5.74) is 12.4. The molecule has 0 spiro atoms. The van der Waals surface area contributed by atoms with Crippen molar-refractivity contribution in [1.82, 2.24) is 9.88 Å². The van der Waals surface area contributed by atoms with Crippen LogP contribution in [0, 0.1) is 0 Å². The SMILES string of the molecule is C1=c2oc3ccc(-n4c5ccccc5c5ccccc54)cc3c2=C(c2cccc3c2oc2ccc(C4=NC(c5ccccc5)=NC(c5ccccc5)N4)cc23)CC1. The molecule has 12 rings (SSSR count). The smallest absolute Gasteiger partial charge is 0.159 e. The summed E-state index contributed by atoms with van der Waals surface area (Å²) >= 11 is 0. The van der Waals surface area contributed by atoms with Gasteiger partial charge >= 0.3 is 0 Å². The summed E-state index contributed by atoms with van der Waals surface area (Å²) in [4.78, 5) is 10.1. The molecule has 7 aromatic carbocycles. The molecule has 270 valence electrons. The van der Waals surface area contributed by atoms with E-state index in [2.05, 4.69) is 143 Å². The first kappa shape index (κ1) is 31.9. The van der Waals surface area contributed by atoms with E-state index in [1.165, 1.54) is 27.4 Å². The summed E-state index contributed by atoms with van der Waals surface area (Å²) < 4.78 is 15.7. The zero-order chi connectivity index (χ0) is 37.5. The van der Waals surface area contributed by atoms with Crippen LogP contribution in [0.3, 0.4) is 0 Å². The first-order valence-corrected chi connectivity index (χ1v) is 19.5. The topological polar surface area (TPSA) is 68.0 Å². The molecule has 1 N–H and O–H groups in total. The van der Waals surface area contributed by atoms with Gasteiger partial charge in [-0.3, -0.25) is 0 Å². The Bertz CT molecular complexity index is 3390. The molecule has 3 aromatic heterocycles. The van der Waals surface area contributed by atoms with Crippen LogP contribution in [0.4, 0.5) is 0 Å². The van der Waals surface area contributed by atoms with Crippen molar-refractivity contribution in [2.75, 3.05) is 0 Å². The van der Waals surface area contributed by atoms with Gasteiger partial charge in [0.15, 0.2) is 5.84 Å². The Morgan fingerprint density at radius 1 is 0.579 bits per heavy atom. The average molecular weight is 735 g/mol. The van der Waals surface area contributed by atoms with Crippen LogP contribution in [0.5, 0.6) is 0 Å². The standard InChI is InChI=1S/C51H34N4O2/c1-3-13-31(14-4-1)49-52-50(32-15-5-2-6-16-32)54-51(53-49)33-25-27-44-40(29-33)39-21-11-20-38(48(39)57-44)37-19-12-24-46-47(37)41-30-34(26-28-45(41)56-46)55-42-22-9-7-17-35(42)36-18-8-10-23-43(36)55/h1-11,13-18,20-30,49H,12,19H2,(H,52,53,54). The van der Waals surface area contributed by atoms with Gasteiger partial charge in [0.05, 0.1) is 11.0 Å². The molecule has 6 nitrogen and oxygen atoms in total. The molecule has 4 heterocycles. The third-order valence-electron chi connectivity index (χ3n) is 11.5. The van der Waals surface area contributed by atoms with Crippen LogP contribution in [0.2, 0.25) is 0 Å². The second kappa shape index (κ2) is 12.5. The largest absolute Gasteiger partial charge is 0.456 e. The number of aromatic nitrogens is 1. The molecule has 6 heteroatoms. The average Bonchev–Trinajstić information content (AvgIpc) is 3.96. The van der Waals surface area contributed by atoms with Crippen LogP contribution in [0.15, 0.2) is 183 Å². The number of nitrogens with one attached hydrogen (secondary N) is 1. The minimum absolute atomic E-state index is 0.272. The van der Waals surface area contributed by atoms with E-state index < -0.39 is 0 Å². The summed E-state index contributed by atoms with van der Waals surface area (Å²) in [6.45, 7) is 0. The fourth-order valence-electron chi connectivity index (χ4n) is 8.94. The lowest BCUT2D eigenvalue weighted by Gasteiger charge is -2.23. The fraction of sp³-hybridized carbons (Fsp3) is 0.0588. The molecule has 10 aromatic rings. The molecule has 1 aliphatic heterocycles. The third kappa shape index (κ3) is 5.04. The summed E-state index contributed by atoms with van der Waals surface area (Å²) in [6, 6.07) is 57.3. The van der Waals surface area contributed by atoms with E-state index in [0.717, 1.165) is 90.2 Å². The van der Waals surface area contributed by atoms with Crippen LogP contribution >= 0.6 is 0 Å². The van der Waals surface area contributed by atoms with Crippen LogP contribution in [0.25, 0.3) is 72.1 Å². The van der Waals surface area contributed by atoms with E-state index in [0.29, 0.717) is 5.84 Å². The number of rotatable bonds is 5. The Kier molecular flexibility index (Phi) is 7.01.